The second-order valence-electron chi connectivity index (χ2n) is 5.76. The lowest BCUT2D eigenvalue weighted by Crippen LogP contribution is -2.30. The molecule has 0 aromatic heterocycles. The van der Waals surface area contributed by atoms with Crippen LogP contribution in [0.3, 0.4) is 0 Å². The summed E-state index contributed by atoms with van der Waals surface area (Å²) < 4.78 is 0. The maximum atomic E-state index is 2.54. The molecule has 17 heavy (non-hydrogen) atoms. The van der Waals surface area contributed by atoms with Crippen LogP contribution in [-0.4, -0.2) is 25.0 Å². The molecule has 0 bridgehead atoms. The third-order valence-electron chi connectivity index (χ3n) is 4.22. The molecule has 0 spiro atoms. The highest BCUT2D eigenvalue weighted by molar-refractivity contribution is 5.13. The maximum absolute atomic E-state index is 2.54. The second kappa shape index (κ2) is 7.92. The van der Waals surface area contributed by atoms with E-state index in [0.717, 1.165) is 11.8 Å². The molecular formula is C16H31N. The predicted octanol–water partition coefficient (Wildman–Crippen LogP) is 4.49. The van der Waals surface area contributed by atoms with Gasteiger partial charge in [-0.15, -0.1) is 0 Å². The molecule has 0 aromatic carbocycles. The van der Waals surface area contributed by atoms with Gasteiger partial charge in [0.15, 0.2) is 0 Å². The summed E-state index contributed by atoms with van der Waals surface area (Å²) >= 11 is 0. The minimum absolute atomic E-state index is 0.792. The van der Waals surface area contributed by atoms with E-state index in [4.69, 9.17) is 0 Å². The quantitative estimate of drug-likeness (QED) is 0.590. The molecule has 0 aromatic rings. The molecule has 100 valence electrons. The average Bonchev–Trinajstić information content (AvgIpc) is 2.36. The first-order valence-corrected chi connectivity index (χ1v) is 7.57. The molecule has 0 heterocycles. The van der Waals surface area contributed by atoms with Crippen molar-refractivity contribution in [2.24, 2.45) is 11.8 Å². The van der Waals surface area contributed by atoms with E-state index in [1.807, 2.05) is 0 Å². The zero-order valence-corrected chi connectivity index (χ0v) is 12.3. The lowest BCUT2D eigenvalue weighted by molar-refractivity contribution is 0.266. The molecule has 0 amide bonds. The largest absolute Gasteiger partial charge is 0.306 e. The van der Waals surface area contributed by atoms with Crippen molar-refractivity contribution < 1.29 is 0 Å². The van der Waals surface area contributed by atoms with Crippen LogP contribution in [0.2, 0.25) is 0 Å². The molecule has 1 nitrogen and oxygen atoms in total. The fourth-order valence-electron chi connectivity index (χ4n) is 2.90. The summed E-state index contributed by atoms with van der Waals surface area (Å²) in [6, 6.07) is 0. The van der Waals surface area contributed by atoms with E-state index in [2.05, 4.69) is 38.8 Å². The first-order chi connectivity index (χ1) is 8.19. The monoisotopic (exact) mass is 237 g/mol. The summed E-state index contributed by atoms with van der Waals surface area (Å²) in [4.78, 5) is 2.54. The number of nitrogens with zero attached hydrogens (tertiary/aromatic N) is 1. The van der Waals surface area contributed by atoms with Gasteiger partial charge in [0.1, 0.15) is 0 Å². The van der Waals surface area contributed by atoms with Crippen molar-refractivity contribution in [2.75, 3.05) is 20.1 Å². The average molecular weight is 237 g/mol. The van der Waals surface area contributed by atoms with E-state index in [1.165, 1.54) is 51.6 Å². The molecule has 2 atom stereocenters. The Balaban J connectivity index is 2.49. The van der Waals surface area contributed by atoms with Gasteiger partial charge in [0.05, 0.1) is 0 Å². The Morgan fingerprint density at radius 3 is 2.82 bits per heavy atom. The molecule has 1 heteroatoms. The van der Waals surface area contributed by atoms with Gasteiger partial charge in [-0.05, 0) is 57.5 Å². The van der Waals surface area contributed by atoms with E-state index in [-0.39, 0.29) is 0 Å². The van der Waals surface area contributed by atoms with Crippen LogP contribution in [0.4, 0.5) is 0 Å². The highest BCUT2D eigenvalue weighted by Crippen LogP contribution is 2.32. The van der Waals surface area contributed by atoms with Gasteiger partial charge in [0, 0.05) is 6.54 Å². The van der Waals surface area contributed by atoms with Crippen molar-refractivity contribution in [3.8, 4) is 0 Å². The molecule has 0 radical (unpaired) electrons. The Bertz CT molecular complexity index is 232. The fourth-order valence-corrected chi connectivity index (χ4v) is 2.90. The number of hydrogen-bond donors (Lipinski definition) is 0. The Morgan fingerprint density at radius 2 is 2.18 bits per heavy atom. The molecular weight excluding hydrogens is 206 g/mol. The van der Waals surface area contributed by atoms with Crippen molar-refractivity contribution >= 4 is 0 Å². The van der Waals surface area contributed by atoms with Crippen molar-refractivity contribution in [1.82, 2.24) is 4.90 Å². The Kier molecular flexibility index (Phi) is 6.87. The summed E-state index contributed by atoms with van der Waals surface area (Å²) in [5.74, 6) is 1.63. The molecule has 1 aliphatic carbocycles. The normalized spacial score (nSPS) is 22.6. The fraction of sp³-hybridized carbons (Fsp3) is 0.875. The van der Waals surface area contributed by atoms with Crippen molar-refractivity contribution in [3.05, 3.63) is 11.6 Å². The van der Waals surface area contributed by atoms with Crippen LogP contribution < -0.4 is 0 Å². The zero-order valence-electron chi connectivity index (χ0n) is 12.3. The maximum Gasteiger partial charge on any atom is 0.00441 e. The Hall–Kier alpha value is -0.300. The van der Waals surface area contributed by atoms with Gasteiger partial charge in [0.2, 0.25) is 0 Å². The van der Waals surface area contributed by atoms with E-state index in [0.29, 0.717) is 0 Å². The van der Waals surface area contributed by atoms with Crippen LogP contribution in [0, 0.1) is 11.8 Å². The van der Waals surface area contributed by atoms with E-state index < -0.39 is 0 Å². The van der Waals surface area contributed by atoms with E-state index in [1.54, 1.807) is 5.57 Å². The van der Waals surface area contributed by atoms with Gasteiger partial charge in [-0.2, -0.15) is 0 Å². The number of rotatable bonds is 7. The topological polar surface area (TPSA) is 3.24 Å². The van der Waals surface area contributed by atoms with Gasteiger partial charge in [0.25, 0.3) is 0 Å². The minimum atomic E-state index is 0.792. The molecule has 0 N–H and O–H groups in total. The van der Waals surface area contributed by atoms with E-state index >= 15 is 0 Å². The molecule has 1 aliphatic rings. The SMILES string of the molecule is CCCCN(C)C[C@H]1CCCC=C1C(C)CC. The second-order valence-corrected chi connectivity index (χ2v) is 5.76. The number of unbranched alkanes of at least 4 members (excludes halogenated alkanes) is 1. The molecule has 0 aliphatic heterocycles. The number of hydrogen-bond acceptors (Lipinski definition) is 1. The lowest BCUT2D eigenvalue weighted by Gasteiger charge is -2.31. The standard InChI is InChI=1S/C16H31N/c1-5-7-12-17(4)13-15-10-8-9-11-16(15)14(3)6-2/h11,14-15H,5-10,12-13H2,1-4H3/t14?,15-/m1/s1. The Morgan fingerprint density at radius 1 is 1.41 bits per heavy atom. The van der Waals surface area contributed by atoms with Gasteiger partial charge >= 0.3 is 0 Å². The van der Waals surface area contributed by atoms with Crippen LogP contribution in [0.15, 0.2) is 11.6 Å². The van der Waals surface area contributed by atoms with Crippen molar-refractivity contribution in [3.63, 3.8) is 0 Å². The predicted molar refractivity (Wildman–Crippen MR) is 77.3 cm³/mol. The molecule has 1 rings (SSSR count). The zero-order chi connectivity index (χ0) is 12.7. The van der Waals surface area contributed by atoms with Crippen LogP contribution in [0.5, 0.6) is 0 Å². The van der Waals surface area contributed by atoms with Gasteiger partial charge in [-0.3, -0.25) is 0 Å². The molecule has 0 saturated heterocycles. The van der Waals surface area contributed by atoms with Crippen LogP contribution in [0.25, 0.3) is 0 Å². The molecule has 1 unspecified atom stereocenters. The molecule has 0 fully saturated rings. The lowest BCUT2D eigenvalue weighted by atomic mass is 9.80. The summed E-state index contributed by atoms with van der Waals surface area (Å²) in [5, 5.41) is 0. The van der Waals surface area contributed by atoms with E-state index in [9.17, 15) is 0 Å². The van der Waals surface area contributed by atoms with Crippen LogP contribution in [0.1, 0.15) is 59.3 Å². The Labute approximate surface area is 108 Å². The highest BCUT2D eigenvalue weighted by Gasteiger charge is 2.22. The minimum Gasteiger partial charge on any atom is -0.306 e. The van der Waals surface area contributed by atoms with Crippen molar-refractivity contribution in [2.45, 2.75) is 59.3 Å². The van der Waals surface area contributed by atoms with Gasteiger partial charge in [-0.1, -0.05) is 38.8 Å². The summed E-state index contributed by atoms with van der Waals surface area (Å²) in [5.41, 5.74) is 1.75. The summed E-state index contributed by atoms with van der Waals surface area (Å²) in [7, 11) is 2.29. The third-order valence-corrected chi connectivity index (χ3v) is 4.22. The smallest absolute Gasteiger partial charge is 0.00441 e. The number of allylic oxidation sites excluding steroid dienone is 1. The van der Waals surface area contributed by atoms with Crippen LogP contribution >= 0.6 is 0 Å². The summed E-state index contributed by atoms with van der Waals surface area (Å²) in [6.07, 6.45) is 10.6. The van der Waals surface area contributed by atoms with Gasteiger partial charge < -0.3 is 4.90 Å². The van der Waals surface area contributed by atoms with Gasteiger partial charge in [-0.25, -0.2) is 0 Å². The highest BCUT2D eigenvalue weighted by atomic mass is 15.1. The van der Waals surface area contributed by atoms with Crippen LogP contribution in [-0.2, 0) is 0 Å². The first-order valence-electron chi connectivity index (χ1n) is 7.57. The summed E-state index contributed by atoms with van der Waals surface area (Å²) in [6.45, 7) is 9.53. The van der Waals surface area contributed by atoms with Crippen molar-refractivity contribution in [1.29, 1.82) is 0 Å². The molecule has 0 saturated carbocycles. The third kappa shape index (κ3) is 4.83. The first kappa shape index (κ1) is 14.8.